The van der Waals surface area contributed by atoms with Gasteiger partial charge >= 0.3 is 0 Å². The van der Waals surface area contributed by atoms with E-state index >= 15 is 0 Å². The van der Waals surface area contributed by atoms with Crippen LogP contribution in [0.5, 0.6) is 11.5 Å². The summed E-state index contributed by atoms with van der Waals surface area (Å²) in [5.74, 6) is 2.41. The minimum Gasteiger partial charge on any atom is -0.496 e. The van der Waals surface area contributed by atoms with Crippen molar-refractivity contribution >= 4 is 23.6 Å². The maximum Gasteiger partial charge on any atom is 0.261 e. The molecular formula is C34H39N5O4S. The number of nitrogens with zero attached hydrogens (tertiary/aromatic N) is 5. The van der Waals surface area contributed by atoms with Crippen molar-refractivity contribution in [3.8, 4) is 28.6 Å². The maximum absolute atomic E-state index is 13.5. The largest absolute Gasteiger partial charge is 0.496 e. The van der Waals surface area contributed by atoms with E-state index in [-0.39, 0.29) is 17.9 Å². The molecule has 1 atom stereocenters. The average molecular weight is 614 g/mol. The number of carbonyl (C=O) groups is 2. The Morgan fingerprint density at radius 1 is 0.886 bits per heavy atom. The van der Waals surface area contributed by atoms with Crippen LogP contribution in [0.25, 0.3) is 17.1 Å². The second kappa shape index (κ2) is 14.0. The number of thioether (sulfide) groups is 1. The lowest BCUT2D eigenvalue weighted by molar-refractivity contribution is -0.133. The van der Waals surface area contributed by atoms with Gasteiger partial charge < -0.3 is 19.3 Å². The smallest absolute Gasteiger partial charge is 0.261 e. The minimum absolute atomic E-state index is 0.0970. The number of benzene rings is 3. The molecule has 0 N–H and O–H groups in total. The molecule has 1 fully saturated rings. The van der Waals surface area contributed by atoms with Crippen LogP contribution in [-0.4, -0.2) is 82.0 Å². The highest BCUT2D eigenvalue weighted by Crippen LogP contribution is 2.31. The van der Waals surface area contributed by atoms with E-state index in [1.807, 2.05) is 11.8 Å². The third kappa shape index (κ3) is 6.75. The van der Waals surface area contributed by atoms with Crippen LogP contribution in [0.3, 0.4) is 0 Å². The van der Waals surface area contributed by atoms with Crippen molar-refractivity contribution in [2.24, 2.45) is 0 Å². The number of hydrogen-bond donors (Lipinski definition) is 0. The van der Waals surface area contributed by atoms with Crippen molar-refractivity contribution in [2.45, 2.75) is 44.8 Å². The fourth-order valence-corrected chi connectivity index (χ4v) is 6.31. The SMILES string of the molecule is COc1cccc(OC)c1C(=O)N1CCN(C(=O)CCCSc2nnc(-c3ccc(C)cc3)n2-c2ccc(C)cc2)CC1C. The van der Waals surface area contributed by atoms with E-state index in [4.69, 9.17) is 9.47 Å². The Labute approximate surface area is 263 Å². The van der Waals surface area contributed by atoms with Crippen LogP contribution in [0.2, 0.25) is 0 Å². The third-order valence-corrected chi connectivity index (χ3v) is 8.90. The molecular weight excluding hydrogens is 574 g/mol. The Hall–Kier alpha value is -4.31. The first-order chi connectivity index (χ1) is 21.3. The minimum atomic E-state index is -0.155. The first-order valence-electron chi connectivity index (χ1n) is 14.8. The van der Waals surface area contributed by atoms with Gasteiger partial charge in [0.05, 0.1) is 14.2 Å². The Morgan fingerprint density at radius 3 is 2.14 bits per heavy atom. The fraction of sp³-hybridized carbons (Fsp3) is 0.353. The quantitative estimate of drug-likeness (QED) is 0.165. The molecule has 2 amide bonds. The van der Waals surface area contributed by atoms with Crippen LogP contribution in [0.4, 0.5) is 0 Å². The molecule has 0 spiro atoms. The van der Waals surface area contributed by atoms with E-state index in [2.05, 4.69) is 77.1 Å². The zero-order valence-corrected chi connectivity index (χ0v) is 26.8. The van der Waals surface area contributed by atoms with Crippen LogP contribution < -0.4 is 9.47 Å². The lowest BCUT2D eigenvalue weighted by Crippen LogP contribution is -2.55. The topological polar surface area (TPSA) is 89.8 Å². The maximum atomic E-state index is 13.5. The summed E-state index contributed by atoms with van der Waals surface area (Å²) in [5.41, 5.74) is 4.78. The fourth-order valence-electron chi connectivity index (χ4n) is 5.42. The first-order valence-corrected chi connectivity index (χ1v) is 15.8. The van der Waals surface area contributed by atoms with Gasteiger partial charge in [-0.25, -0.2) is 0 Å². The molecule has 3 aromatic carbocycles. The van der Waals surface area contributed by atoms with Gasteiger partial charge in [0, 0.05) is 49.1 Å². The summed E-state index contributed by atoms with van der Waals surface area (Å²) in [7, 11) is 3.08. The van der Waals surface area contributed by atoms with E-state index in [1.54, 1.807) is 49.1 Å². The zero-order valence-electron chi connectivity index (χ0n) is 25.9. The molecule has 1 aliphatic rings. The summed E-state index contributed by atoms with van der Waals surface area (Å²) in [6, 6.07) is 21.8. The highest BCUT2D eigenvalue weighted by molar-refractivity contribution is 7.99. The summed E-state index contributed by atoms with van der Waals surface area (Å²) in [5, 5.41) is 9.87. The number of ether oxygens (including phenoxy) is 2. The molecule has 0 saturated carbocycles. The molecule has 0 radical (unpaired) electrons. The molecule has 1 unspecified atom stereocenters. The van der Waals surface area contributed by atoms with E-state index in [1.165, 1.54) is 11.1 Å². The predicted molar refractivity (Wildman–Crippen MR) is 173 cm³/mol. The molecule has 230 valence electrons. The number of hydrogen-bond acceptors (Lipinski definition) is 7. The highest BCUT2D eigenvalue weighted by Gasteiger charge is 2.33. The molecule has 1 aromatic heterocycles. The van der Waals surface area contributed by atoms with Gasteiger partial charge in [-0.3, -0.25) is 14.2 Å². The molecule has 10 heteroatoms. The van der Waals surface area contributed by atoms with Crippen molar-refractivity contribution < 1.29 is 19.1 Å². The van der Waals surface area contributed by atoms with Gasteiger partial charge in [0.2, 0.25) is 5.91 Å². The van der Waals surface area contributed by atoms with Gasteiger partial charge in [-0.15, -0.1) is 10.2 Å². The molecule has 1 aliphatic heterocycles. The second-order valence-electron chi connectivity index (χ2n) is 11.0. The highest BCUT2D eigenvalue weighted by atomic mass is 32.2. The van der Waals surface area contributed by atoms with E-state index < -0.39 is 0 Å². The molecule has 0 bridgehead atoms. The van der Waals surface area contributed by atoms with E-state index in [0.29, 0.717) is 49.5 Å². The second-order valence-corrected chi connectivity index (χ2v) is 12.1. The van der Waals surface area contributed by atoms with Gasteiger partial charge in [0.25, 0.3) is 5.91 Å². The van der Waals surface area contributed by atoms with Crippen LogP contribution in [-0.2, 0) is 4.79 Å². The lowest BCUT2D eigenvalue weighted by Gasteiger charge is -2.40. The number of piperazine rings is 1. The Bertz CT molecular complexity index is 1580. The summed E-state index contributed by atoms with van der Waals surface area (Å²) in [6.07, 6.45) is 1.13. The van der Waals surface area contributed by atoms with Crippen LogP contribution in [0.15, 0.2) is 71.9 Å². The number of rotatable bonds is 10. The molecule has 5 rings (SSSR count). The lowest BCUT2D eigenvalue weighted by atomic mass is 10.1. The van der Waals surface area contributed by atoms with Gasteiger partial charge in [-0.2, -0.15) is 0 Å². The predicted octanol–water partition coefficient (Wildman–Crippen LogP) is 5.81. The third-order valence-electron chi connectivity index (χ3n) is 7.88. The van der Waals surface area contributed by atoms with Crippen LogP contribution in [0, 0.1) is 13.8 Å². The molecule has 9 nitrogen and oxygen atoms in total. The summed E-state index contributed by atoms with van der Waals surface area (Å²) >= 11 is 1.60. The zero-order chi connectivity index (χ0) is 31.2. The molecule has 0 aliphatic carbocycles. The average Bonchev–Trinajstić information content (AvgIpc) is 3.46. The van der Waals surface area contributed by atoms with Crippen molar-refractivity contribution in [2.75, 3.05) is 39.6 Å². The normalized spacial score (nSPS) is 14.9. The molecule has 2 heterocycles. The Kier molecular flexibility index (Phi) is 9.89. The molecule has 44 heavy (non-hydrogen) atoms. The number of carbonyl (C=O) groups excluding carboxylic acids is 2. The van der Waals surface area contributed by atoms with E-state index in [0.717, 1.165) is 28.0 Å². The number of aromatic nitrogens is 3. The Morgan fingerprint density at radius 2 is 1.52 bits per heavy atom. The molecule has 1 saturated heterocycles. The summed E-state index contributed by atoms with van der Waals surface area (Å²) < 4.78 is 13.0. The van der Waals surface area contributed by atoms with Crippen molar-refractivity contribution in [1.82, 2.24) is 24.6 Å². The van der Waals surface area contributed by atoms with E-state index in [9.17, 15) is 9.59 Å². The van der Waals surface area contributed by atoms with Gasteiger partial charge in [-0.1, -0.05) is 65.4 Å². The number of methoxy groups -OCH3 is 2. The molecule has 4 aromatic rings. The standard InChI is InChI=1S/C34H39N5O4S/c1-23-11-15-26(16-12-23)32-35-36-34(39(32)27-17-13-24(2)14-18-27)44-21-7-10-30(40)37-19-20-38(25(3)22-37)33(41)31-28(42-4)8-6-9-29(31)43-5/h6,8-9,11-18,25H,7,10,19-22H2,1-5H3. The van der Waals surface area contributed by atoms with Gasteiger partial charge in [0.15, 0.2) is 11.0 Å². The first kappa shape index (κ1) is 31.1. The number of amides is 2. The van der Waals surface area contributed by atoms with Crippen LogP contribution >= 0.6 is 11.8 Å². The van der Waals surface area contributed by atoms with Gasteiger partial charge in [-0.05, 0) is 51.5 Å². The Balaban J connectivity index is 1.19. The summed E-state index contributed by atoms with van der Waals surface area (Å²) in [4.78, 5) is 30.3. The van der Waals surface area contributed by atoms with Crippen molar-refractivity contribution in [3.05, 3.63) is 83.4 Å². The monoisotopic (exact) mass is 613 g/mol. The number of aryl methyl sites for hydroxylation is 2. The summed E-state index contributed by atoms with van der Waals surface area (Å²) in [6.45, 7) is 7.52. The van der Waals surface area contributed by atoms with Crippen molar-refractivity contribution in [3.63, 3.8) is 0 Å². The van der Waals surface area contributed by atoms with Crippen molar-refractivity contribution in [1.29, 1.82) is 0 Å². The van der Waals surface area contributed by atoms with Crippen LogP contribution in [0.1, 0.15) is 41.3 Å². The van der Waals surface area contributed by atoms with Gasteiger partial charge in [0.1, 0.15) is 17.1 Å².